The molecule has 0 radical (unpaired) electrons. The van der Waals surface area contributed by atoms with Gasteiger partial charge >= 0.3 is 5.97 Å². The minimum absolute atomic E-state index is 0.138. The number of carbonyl (C=O) groups excluding carboxylic acids is 1. The summed E-state index contributed by atoms with van der Waals surface area (Å²) in [5.41, 5.74) is 5.05. The molecule has 7 heteroatoms. The molecule has 1 aliphatic rings. The van der Waals surface area contributed by atoms with E-state index in [-0.39, 0.29) is 11.7 Å². The highest BCUT2D eigenvalue weighted by molar-refractivity contribution is 5.86. The van der Waals surface area contributed by atoms with E-state index in [4.69, 9.17) is 15.3 Å². The minimum Gasteiger partial charge on any atom is -0.476 e. The van der Waals surface area contributed by atoms with Crippen LogP contribution in [0.5, 0.6) is 0 Å². The van der Waals surface area contributed by atoms with Crippen LogP contribution in [0.15, 0.2) is 10.7 Å². The van der Waals surface area contributed by atoms with Gasteiger partial charge in [-0.3, -0.25) is 4.79 Å². The van der Waals surface area contributed by atoms with E-state index in [1.165, 1.54) is 0 Å². The number of aromatic nitrogens is 1. The molecule has 86 valence electrons. The van der Waals surface area contributed by atoms with Crippen molar-refractivity contribution in [3.8, 4) is 0 Å². The number of aromatic carboxylic acids is 1. The van der Waals surface area contributed by atoms with Gasteiger partial charge in [-0.2, -0.15) is 4.98 Å². The average Bonchev–Trinajstić information content (AvgIpc) is 2.86. The first-order chi connectivity index (χ1) is 7.59. The van der Waals surface area contributed by atoms with Gasteiger partial charge in [-0.15, -0.1) is 0 Å². The minimum atomic E-state index is -1.16. The Kier molecular flexibility index (Phi) is 2.51. The Morgan fingerprint density at radius 1 is 1.62 bits per heavy atom. The standard InChI is InChI=1S/C9H11N3O4/c10-7(13)6-2-1-3-12(6)9-11-5(4-16-9)8(14)15/h4,6H,1-3H2,(H2,10,13)(H,14,15). The highest BCUT2D eigenvalue weighted by atomic mass is 16.4. The third-order valence-corrected chi connectivity index (χ3v) is 2.54. The lowest BCUT2D eigenvalue weighted by atomic mass is 10.2. The number of rotatable bonds is 3. The molecule has 1 unspecified atom stereocenters. The Labute approximate surface area is 90.8 Å². The van der Waals surface area contributed by atoms with Gasteiger partial charge in [0, 0.05) is 6.54 Å². The largest absolute Gasteiger partial charge is 0.476 e. The number of nitrogens with two attached hydrogens (primary N) is 1. The number of amides is 1. The second-order valence-corrected chi connectivity index (χ2v) is 3.57. The van der Waals surface area contributed by atoms with E-state index in [9.17, 15) is 9.59 Å². The number of anilines is 1. The topological polar surface area (TPSA) is 110 Å². The molecule has 0 aliphatic carbocycles. The van der Waals surface area contributed by atoms with Crippen LogP contribution in [0.2, 0.25) is 0 Å². The normalized spacial score (nSPS) is 20.0. The predicted molar refractivity (Wildman–Crippen MR) is 53.0 cm³/mol. The van der Waals surface area contributed by atoms with E-state index in [0.717, 1.165) is 12.7 Å². The quantitative estimate of drug-likeness (QED) is 0.738. The fraction of sp³-hybridized carbons (Fsp3) is 0.444. The molecule has 2 heterocycles. The summed E-state index contributed by atoms with van der Waals surface area (Å²) in [6.07, 6.45) is 2.49. The molecule has 16 heavy (non-hydrogen) atoms. The molecule has 1 aliphatic heterocycles. The number of primary amides is 1. The maximum atomic E-state index is 11.1. The lowest BCUT2D eigenvalue weighted by molar-refractivity contribution is -0.119. The van der Waals surface area contributed by atoms with Crippen molar-refractivity contribution in [1.29, 1.82) is 0 Å². The van der Waals surface area contributed by atoms with Gasteiger partial charge in [0.2, 0.25) is 5.91 Å². The number of hydrogen-bond acceptors (Lipinski definition) is 5. The van der Waals surface area contributed by atoms with Crippen molar-refractivity contribution >= 4 is 17.9 Å². The summed E-state index contributed by atoms with van der Waals surface area (Å²) in [6, 6.07) is -0.320. The summed E-state index contributed by atoms with van der Waals surface area (Å²) < 4.78 is 5.02. The molecule has 0 spiro atoms. The molecule has 1 saturated heterocycles. The van der Waals surface area contributed by atoms with Gasteiger partial charge in [0.25, 0.3) is 6.01 Å². The van der Waals surface area contributed by atoms with E-state index < -0.39 is 17.9 Å². The third-order valence-electron chi connectivity index (χ3n) is 2.54. The lowest BCUT2D eigenvalue weighted by Crippen LogP contribution is -2.40. The Morgan fingerprint density at radius 2 is 2.38 bits per heavy atom. The van der Waals surface area contributed by atoms with Crippen LogP contribution < -0.4 is 10.6 Å². The first kappa shape index (κ1) is 10.5. The van der Waals surface area contributed by atoms with Gasteiger partial charge in [0.15, 0.2) is 5.69 Å². The predicted octanol–water partition coefficient (Wildman–Crippen LogP) is -0.173. The lowest BCUT2D eigenvalue weighted by Gasteiger charge is -2.19. The zero-order valence-electron chi connectivity index (χ0n) is 8.42. The van der Waals surface area contributed by atoms with Crippen molar-refractivity contribution < 1.29 is 19.1 Å². The van der Waals surface area contributed by atoms with Crippen LogP contribution in [0.1, 0.15) is 23.3 Å². The van der Waals surface area contributed by atoms with Gasteiger partial charge < -0.3 is 20.2 Å². The van der Waals surface area contributed by atoms with Gasteiger partial charge in [0.05, 0.1) is 0 Å². The number of oxazole rings is 1. The zero-order chi connectivity index (χ0) is 11.7. The summed E-state index contributed by atoms with van der Waals surface area (Å²) in [4.78, 5) is 27.1. The van der Waals surface area contributed by atoms with Gasteiger partial charge in [-0.25, -0.2) is 4.79 Å². The molecule has 1 amide bonds. The van der Waals surface area contributed by atoms with Crippen molar-refractivity contribution in [3.05, 3.63) is 12.0 Å². The Balaban J connectivity index is 2.22. The number of hydrogen-bond donors (Lipinski definition) is 2. The SMILES string of the molecule is NC(=O)C1CCCN1c1nc(C(=O)O)co1. The van der Waals surface area contributed by atoms with Gasteiger partial charge in [-0.05, 0) is 12.8 Å². The molecular formula is C9H11N3O4. The molecule has 2 rings (SSSR count). The molecule has 7 nitrogen and oxygen atoms in total. The van der Waals surface area contributed by atoms with Crippen LogP contribution in [-0.2, 0) is 4.79 Å². The first-order valence-electron chi connectivity index (χ1n) is 4.84. The van der Waals surface area contributed by atoms with Crippen molar-refractivity contribution in [2.75, 3.05) is 11.4 Å². The summed E-state index contributed by atoms with van der Waals surface area (Å²) in [7, 11) is 0. The number of carboxylic acid groups (broad SMARTS) is 1. The highest BCUT2D eigenvalue weighted by Crippen LogP contribution is 2.24. The second kappa shape index (κ2) is 3.84. The van der Waals surface area contributed by atoms with Crippen LogP contribution in [0.4, 0.5) is 6.01 Å². The van der Waals surface area contributed by atoms with Crippen LogP contribution in [0, 0.1) is 0 Å². The number of nitrogens with zero attached hydrogens (tertiary/aromatic N) is 2. The molecule has 1 fully saturated rings. The average molecular weight is 225 g/mol. The fourth-order valence-electron chi connectivity index (χ4n) is 1.79. The fourth-order valence-corrected chi connectivity index (χ4v) is 1.79. The maximum absolute atomic E-state index is 11.1. The number of carbonyl (C=O) groups is 2. The van der Waals surface area contributed by atoms with Crippen molar-refractivity contribution in [1.82, 2.24) is 4.98 Å². The number of carboxylic acids is 1. The van der Waals surface area contributed by atoms with Crippen LogP contribution in [0.25, 0.3) is 0 Å². The highest BCUT2D eigenvalue weighted by Gasteiger charge is 2.32. The van der Waals surface area contributed by atoms with Crippen LogP contribution in [-0.4, -0.2) is 34.6 Å². The summed E-state index contributed by atoms with van der Waals surface area (Å²) in [5.74, 6) is -1.61. The van der Waals surface area contributed by atoms with E-state index in [2.05, 4.69) is 4.98 Å². The summed E-state index contributed by atoms with van der Waals surface area (Å²) in [5, 5.41) is 8.68. The zero-order valence-corrected chi connectivity index (χ0v) is 8.42. The van der Waals surface area contributed by atoms with Crippen molar-refractivity contribution in [2.45, 2.75) is 18.9 Å². The summed E-state index contributed by atoms with van der Waals surface area (Å²) in [6.45, 7) is 0.590. The monoisotopic (exact) mass is 225 g/mol. The molecular weight excluding hydrogens is 214 g/mol. The van der Waals surface area contributed by atoms with Crippen molar-refractivity contribution in [2.24, 2.45) is 5.73 Å². The maximum Gasteiger partial charge on any atom is 0.357 e. The van der Waals surface area contributed by atoms with Crippen LogP contribution in [0.3, 0.4) is 0 Å². The summed E-state index contributed by atoms with van der Waals surface area (Å²) >= 11 is 0. The molecule has 1 aromatic heterocycles. The molecule has 1 aromatic rings. The van der Waals surface area contributed by atoms with Gasteiger partial charge in [-0.1, -0.05) is 0 Å². The Morgan fingerprint density at radius 3 is 2.94 bits per heavy atom. The van der Waals surface area contributed by atoms with Gasteiger partial charge in [0.1, 0.15) is 12.3 Å². The van der Waals surface area contributed by atoms with Crippen LogP contribution >= 0.6 is 0 Å². The van der Waals surface area contributed by atoms with E-state index >= 15 is 0 Å². The molecule has 0 bridgehead atoms. The molecule has 0 aromatic carbocycles. The molecule has 1 atom stereocenters. The van der Waals surface area contributed by atoms with E-state index in [0.29, 0.717) is 13.0 Å². The van der Waals surface area contributed by atoms with Crippen molar-refractivity contribution in [3.63, 3.8) is 0 Å². The third kappa shape index (κ3) is 1.71. The Hall–Kier alpha value is -2.05. The smallest absolute Gasteiger partial charge is 0.357 e. The Bertz CT molecular complexity index is 428. The first-order valence-corrected chi connectivity index (χ1v) is 4.84. The molecule has 0 saturated carbocycles. The van der Waals surface area contributed by atoms with E-state index in [1.54, 1.807) is 4.90 Å². The second-order valence-electron chi connectivity index (χ2n) is 3.57. The van der Waals surface area contributed by atoms with E-state index in [1.807, 2.05) is 0 Å². The molecule has 3 N–H and O–H groups in total.